The Kier molecular flexibility index (Phi) is 6.33. The molecule has 1 saturated heterocycles. The van der Waals surface area contributed by atoms with Crippen molar-refractivity contribution in [1.29, 1.82) is 0 Å². The molecule has 1 fully saturated rings. The Hall–Kier alpha value is -3.55. The van der Waals surface area contributed by atoms with Crippen LogP contribution in [0.1, 0.15) is 13.3 Å². The van der Waals surface area contributed by atoms with Crippen molar-refractivity contribution in [3.63, 3.8) is 0 Å². The monoisotopic (exact) mass is 398 g/mol. The minimum atomic E-state index is -1.09. The van der Waals surface area contributed by atoms with Crippen molar-refractivity contribution in [1.82, 2.24) is 0 Å². The Bertz CT molecular complexity index is 914. The van der Waals surface area contributed by atoms with E-state index in [4.69, 9.17) is 14.6 Å². The van der Waals surface area contributed by atoms with Gasteiger partial charge in [-0.3, -0.25) is 9.59 Å². The van der Waals surface area contributed by atoms with Gasteiger partial charge in [-0.15, -0.1) is 0 Å². The number of aliphatic carboxylic acids is 1. The van der Waals surface area contributed by atoms with E-state index in [0.717, 1.165) is 0 Å². The molecule has 8 nitrogen and oxygen atoms in total. The average molecular weight is 398 g/mol. The molecule has 1 aliphatic rings. The number of para-hydroxylation sites is 2. The summed E-state index contributed by atoms with van der Waals surface area (Å²) in [5.41, 5.74) is 1.12. The lowest BCUT2D eigenvalue weighted by atomic mass is 10.1. The molecule has 2 amide bonds. The fourth-order valence-electron chi connectivity index (χ4n) is 3.13. The van der Waals surface area contributed by atoms with Crippen LogP contribution in [0.3, 0.4) is 0 Å². The summed E-state index contributed by atoms with van der Waals surface area (Å²) in [6.07, 6.45) is 0.0987. The van der Waals surface area contributed by atoms with Crippen LogP contribution in [0.25, 0.3) is 0 Å². The molecule has 0 bridgehead atoms. The second-order valence-electron chi connectivity index (χ2n) is 6.51. The van der Waals surface area contributed by atoms with Crippen LogP contribution < -0.4 is 19.7 Å². The van der Waals surface area contributed by atoms with E-state index in [1.165, 1.54) is 0 Å². The molecule has 152 valence electrons. The number of anilines is 2. The first-order valence-electron chi connectivity index (χ1n) is 9.25. The molecule has 0 spiro atoms. The number of carboxylic acids is 1. The van der Waals surface area contributed by atoms with Gasteiger partial charge < -0.3 is 24.8 Å². The molecule has 3 rings (SSSR count). The zero-order chi connectivity index (χ0) is 20.8. The first-order valence-corrected chi connectivity index (χ1v) is 9.25. The zero-order valence-corrected chi connectivity index (χ0v) is 16.0. The summed E-state index contributed by atoms with van der Waals surface area (Å²) in [4.78, 5) is 37.4. The van der Waals surface area contributed by atoms with Crippen LogP contribution in [-0.2, 0) is 14.4 Å². The number of nitrogens with one attached hydrogen (secondary N) is 1. The zero-order valence-electron chi connectivity index (χ0n) is 16.0. The molecular formula is C21H22N2O6. The molecule has 0 saturated carbocycles. The summed E-state index contributed by atoms with van der Waals surface area (Å²) >= 11 is 0. The van der Waals surface area contributed by atoms with Crippen LogP contribution in [0.4, 0.5) is 11.4 Å². The van der Waals surface area contributed by atoms with Crippen LogP contribution in [0, 0.1) is 5.92 Å². The van der Waals surface area contributed by atoms with Gasteiger partial charge in [0.25, 0.3) is 0 Å². The lowest BCUT2D eigenvalue weighted by Crippen LogP contribution is -2.28. The van der Waals surface area contributed by atoms with Crippen LogP contribution in [-0.4, -0.2) is 42.6 Å². The van der Waals surface area contributed by atoms with Gasteiger partial charge in [-0.2, -0.15) is 0 Å². The molecule has 1 atom stereocenters. The second-order valence-corrected chi connectivity index (χ2v) is 6.51. The predicted molar refractivity (Wildman–Crippen MR) is 106 cm³/mol. The quantitative estimate of drug-likeness (QED) is 0.708. The number of ether oxygens (including phenoxy) is 2. The molecule has 2 N–H and O–H groups in total. The minimum absolute atomic E-state index is 0.0987. The summed E-state index contributed by atoms with van der Waals surface area (Å²) in [7, 11) is 0. The average Bonchev–Trinajstić information content (AvgIpc) is 3.09. The molecule has 1 unspecified atom stereocenters. The van der Waals surface area contributed by atoms with E-state index in [2.05, 4.69) is 5.32 Å². The van der Waals surface area contributed by atoms with Crippen molar-refractivity contribution >= 4 is 29.2 Å². The molecule has 1 heterocycles. The molecule has 8 heteroatoms. The van der Waals surface area contributed by atoms with Crippen LogP contribution in [0.5, 0.6) is 11.5 Å². The van der Waals surface area contributed by atoms with Gasteiger partial charge in [-0.25, -0.2) is 4.79 Å². The highest BCUT2D eigenvalue weighted by atomic mass is 16.5. The summed E-state index contributed by atoms with van der Waals surface area (Å²) in [5.74, 6) is -1.09. The van der Waals surface area contributed by atoms with Gasteiger partial charge in [0.1, 0.15) is 11.5 Å². The van der Waals surface area contributed by atoms with Crippen LogP contribution >= 0.6 is 0 Å². The number of carboxylic acid groups (broad SMARTS) is 1. The molecule has 0 aromatic heterocycles. The normalized spacial score (nSPS) is 15.8. The van der Waals surface area contributed by atoms with Crippen molar-refractivity contribution in [3.05, 3.63) is 48.5 Å². The summed E-state index contributed by atoms with van der Waals surface area (Å²) < 4.78 is 10.7. The minimum Gasteiger partial charge on any atom is -0.492 e. The third-order valence-electron chi connectivity index (χ3n) is 4.42. The highest BCUT2D eigenvalue weighted by Crippen LogP contribution is 2.33. The molecule has 1 aliphatic heterocycles. The molecule has 0 radical (unpaired) electrons. The number of benzene rings is 2. The first-order chi connectivity index (χ1) is 14.0. The fraction of sp³-hybridized carbons (Fsp3) is 0.286. The van der Waals surface area contributed by atoms with Gasteiger partial charge in [-0.05, 0) is 31.2 Å². The standard InChI is InChI=1S/C21H22N2O6/c1-2-28-18-9-4-3-8-17(18)23-12-14(10-19(23)24)21(27)22-15-6-5-7-16(11-15)29-13-20(25)26/h3-9,11,14H,2,10,12-13H2,1H3,(H,22,27)(H,25,26). The molecule has 29 heavy (non-hydrogen) atoms. The van der Waals surface area contributed by atoms with E-state index in [1.54, 1.807) is 41.3 Å². The van der Waals surface area contributed by atoms with Crippen LogP contribution in [0.2, 0.25) is 0 Å². The Balaban J connectivity index is 1.67. The Morgan fingerprint density at radius 1 is 1.17 bits per heavy atom. The molecular weight excluding hydrogens is 376 g/mol. The topological polar surface area (TPSA) is 105 Å². The Morgan fingerprint density at radius 3 is 2.72 bits per heavy atom. The van der Waals surface area contributed by atoms with E-state index in [1.807, 2.05) is 19.1 Å². The molecule has 0 aliphatic carbocycles. The van der Waals surface area contributed by atoms with Crippen molar-refractivity contribution in [3.8, 4) is 11.5 Å². The summed E-state index contributed by atoms with van der Waals surface area (Å²) in [6.45, 7) is 2.13. The van der Waals surface area contributed by atoms with Crippen molar-refractivity contribution < 1.29 is 29.0 Å². The smallest absolute Gasteiger partial charge is 0.341 e. The van der Waals surface area contributed by atoms with E-state index in [0.29, 0.717) is 29.5 Å². The second kappa shape index (κ2) is 9.09. The van der Waals surface area contributed by atoms with Gasteiger partial charge in [0.2, 0.25) is 11.8 Å². The number of amides is 2. The van der Waals surface area contributed by atoms with Crippen molar-refractivity contribution in [2.24, 2.45) is 5.92 Å². The number of carbonyl (C=O) groups excluding carboxylic acids is 2. The number of hydrogen-bond donors (Lipinski definition) is 2. The van der Waals surface area contributed by atoms with Crippen molar-refractivity contribution in [2.75, 3.05) is 30.0 Å². The van der Waals surface area contributed by atoms with E-state index >= 15 is 0 Å². The number of hydrogen-bond acceptors (Lipinski definition) is 5. The third kappa shape index (κ3) is 5.04. The highest BCUT2D eigenvalue weighted by Gasteiger charge is 2.36. The summed E-state index contributed by atoms with van der Waals surface area (Å²) in [6, 6.07) is 13.7. The third-order valence-corrected chi connectivity index (χ3v) is 4.42. The Labute approximate surface area is 168 Å². The largest absolute Gasteiger partial charge is 0.492 e. The van der Waals surface area contributed by atoms with Gasteiger partial charge >= 0.3 is 5.97 Å². The molecule has 2 aromatic carbocycles. The van der Waals surface area contributed by atoms with Gasteiger partial charge in [0.05, 0.1) is 18.2 Å². The fourth-order valence-corrected chi connectivity index (χ4v) is 3.13. The highest BCUT2D eigenvalue weighted by molar-refractivity contribution is 6.04. The van der Waals surface area contributed by atoms with Crippen molar-refractivity contribution in [2.45, 2.75) is 13.3 Å². The van der Waals surface area contributed by atoms with E-state index < -0.39 is 18.5 Å². The number of nitrogens with zero attached hydrogens (tertiary/aromatic N) is 1. The Morgan fingerprint density at radius 2 is 1.97 bits per heavy atom. The van der Waals surface area contributed by atoms with Gasteiger partial charge in [0.15, 0.2) is 6.61 Å². The lowest BCUT2D eigenvalue weighted by Gasteiger charge is -2.20. The van der Waals surface area contributed by atoms with E-state index in [9.17, 15) is 14.4 Å². The van der Waals surface area contributed by atoms with E-state index in [-0.39, 0.29) is 24.8 Å². The maximum absolute atomic E-state index is 12.7. The maximum Gasteiger partial charge on any atom is 0.341 e. The lowest BCUT2D eigenvalue weighted by molar-refractivity contribution is -0.139. The summed E-state index contributed by atoms with van der Waals surface area (Å²) in [5, 5.41) is 11.5. The van der Waals surface area contributed by atoms with Gasteiger partial charge in [0, 0.05) is 24.7 Å². The first kappa shape index (κ1) is 20.2. The predicted octanol–water partition coefficient (Wildman–Crippen LogP) is 2.54. The SMILES string of the molecule is CCOc1ccccc1N1CC(C(=O)Nc2cccc(OCC(=O)O)c2)CC1=O. The van der Waals surface area contributed by atoms with Gasteiger partial charge in [-0.1, -0.05) is 18.2 Å². The number of carbonyl (C=O) groups is 3. The maximum atomic E-state index is 12.7. The molecule has 2 aromatic rings. The van der Waals surface area contributed by atoms with Crippen LogP contribution in [0.15, 0.2) is 48.5 Å². The number of rotatable bonds is 8.